The molecule has 0 radical (unpaired) electrons. The van der Waals surface area contributed by atoms with Crippen LogP contribution in [0.25, 0.3) is 10.8 Å². The van der Waals surface area contributed by atoms with Crippen LogP contribution < -0.4 is 4.74 Å². The fourth-order valence-corrected chi connectivity index (χ4v) is 2.70. The van der Waals surface area contributed by atoms with Crippen molar-refractivity contribution >= 4 is 10.8 Å². The molecule has 1 atom stereocenters. The van der Waals surface area contributed by atoms with Crippen molar-refractivity contribution in [3.8, 4) is 5.75 Å². The van der Waals surface area contributed by atoms with E-state index < -0.39 is 0 Å². The van der Waals surface area contributed by atoms with Crippen LogP contribution in [-0.4, -0.2) is 55.6 Å². The van der Waals surface area contributed by atoms with Crippen molar-refractivity contribution in [2.75, 3.05) is 39.5 Å². The minimum absolute atomic E-state index is 0.0590. The van der Waals surface area contributed by atoms with Crippen molar-refractivity contribution in [3.63, 3.8) is 0 Å². The normalized spacial score (nSPS) is 19.8. The summed E-state index contributed by atoms with van der Waals surface area (Å²) in [6, 6.07) is 14.4. The summed E-state index contributed by atoms with van der Waals surface area (Å²) >= 11 is 0. The molecule has 1 saturated heterocycles. The number of ether oxygens (including phenoxy) is 2. The van der Waals surface area contributed by atoms with Gasteiger partial charge >= 0.3 is 0 Å². The van der Waals surface area contributed by atoms with Gasteiger partial charge in [0.1, 0.15) is 12.4 Å². The summed E-state index contributed by atoms with van der Waals surface area (Å²) in [6.07, 6.45) is -0.0590. The van der Waals surface area contributed by atoms with Gasteiger partial charge in [-0.3, -0.25) is 4.90 Å². The number of aliphatic hydroxyl groups is 1. The summed E-state index contributed by atoms with van der Waals surface area (Å²) in [7, 11) is 0. The average molecular weight is 287 g/mol. The van der Waals surface area contributed by atoms with Crippen LogP contribution >= 0.6 is 0 Å². The zero-order valence-corrected chi connectivity index (χ0v) is 12.1. The van der Waals surface area contributed by atoms with Crippen molar-refractivity contribution in [1.29, 1.82) is 0 Å². The van der Waals surface area contributed by atoms with Crippen LogP contribution in [0.3, 0.4) is 0 Å². The van der Waals surface area contributed by atoms with Crippen LogP contribution in [0.15, 0.2) is 42.5 Å². The number of aliphatic hydroxyl groups excluding tert-OH is 1. The molecule has 112 valence electrons. The Hall–Kier alpha value is -1.62. The molecule has 0 saturated carbocycles. The summed E-state index contributed by atoms with van der Waals surface area (Å²) in [5.74, 6) is 0.931. The van der Waals surface area contributed by atoms with Crippen molar-refractivity contribution < 1.29 is 14.6 Å². The first-order valence-electron chi connectivity index (χ1n) is 7.42. The third kappa shape index (κ3) is 3.53. The Morgan fingerprint density at radius 3 is 2.95 bits per heavy atom. The molecule has 1 fully saturated rings. The molecular formula is C17H21NO3. The minimum Gasteiger partial charge on any atom is -0.492 e. The molecule has 2 aromatic carbocycles. The van der Waals surface area contributed by atoms with E-state index in [0.29, 0.717) is 13.2 Å². The fourth-order valence-electron chi connectivity index (χ4n) is 2.70. The third-order valence-corrected chi connectivity index (χ3v) is 3.84. The van der Waals surface area contributed by atoms with E-state index in [-0.39, 0.29) is 12.7 Å². The first-order chi connectivity index (χ1) is 10.4. The second-order valence-corrected chi connectivity index (χ2v) is 5.30. The lowest BCUT2D eigenvalue weighted by atomic mass is 10.1. The highest BCUT2D eigenvalue weighted by atomic mass is 16.5. The van der Waals surface area contributed by atoms with Gasteiger partial charge in [0, 0.05) is 25.0 Å². The van der Waals surface area contributed by atoms with Crippen LogP contribution in [0.1, 0.15) is 0 Å². The molecule has 4 heteroatoms. The molecule has 0 aromatic heterocycles. The van der Waals surface area contributed by atoms with Crippen LogP contribution in [-0.2, 0) is 4.74 Å². The SMILES string of the molecule is OCC1CN(CCOc2cccc3ccccc23)CCO1. The van der Waals surface area contributed by atoms with Crippen molar-refractivity contribution in [2.45, 2.75) is 6.10 Å². The number of benzene rings is 2. The van der Waals surface area contributed by atoms with Crippen molar-refractivity contribution in [1.82, 2.24) is 4.90 Å². The summed E-state index contributed by atoms with van der Waals surface area (Å²) in [6.45, 7) is 3.93. The predicted molar refractivity (Wildman–Crippen MR) is 82.7 cm³/mol. The van der Waals surface area contributed by atoms with Gasteiger partial charge in [0.2, 0.25) is 0 Å². The lowest BCUT2D eigenvalue weighted by Crippen LogP contribution is -2.45. The quantitative estimate of drug-likeness (QED) is 0.912. The largest absolute Gasteiger partial charge is 0.492 e. The Morgan fingerprint density at radius 1 is 1.19 bits per heavy atom. The highest BCUT2D eigenvalue weighted by molar-refractivity contribution is 5.88. The van der Waals surface area contributed by atoms with Crippen molar-refractivity contribution in [2.24, 2.45) is 0 Å². The number of rotatable bonds is 5. The van der Waals surface area contributed by atoms with Gasteiger partial charge in [-0.05, 0) is 11.5 Å². The van der Waals surface area contributed by atoms with Crippen LogP contribution in [0.5, 0.6) is 5.75 Å². The first-order valence-corrected chi connectivity index (χ1v) is 7.42. The van der Waals surface area contributed by atoms with E-state index in [2.05, 4.69) is 23.1 Å². The highest BCUT2D eigenvalue weighted by Gasteiger charge is 2.19. The molecule has 3 rings (SSSR count). The van der Waals surface area contributed by atoms with E-state index in [1.54, 1.807) is 0 Å². The number of hydrogen-bond donors (Lipinski definition) is 1. The fraction of sp³-hybridized carbons (Fsp3) is 0.412. The molecule has 4 nitrogen and oxygen atoms in total. The van der Waals surface area contributed by atoms with Crippen LogP contribution in [0.4, 0.5) is 0 Å². The molecule has 21 heavy (non-hydrogen) atoms. The Labute approximate surface area is 124 Å². The van der Waals surface area contributed by atoms with Gasteiger partial charge in [0.05, 0.1) is 19.3 Å². The van der Waals surface area contributed by atoms with E-state index in [1.807, 2.05) is 24.3 Å². The molecule has 1 heterocycles. The van der Waals surface area contributed by atoms with Gasteiger partial charge in [-0.1, -0.05) is 36.4 Å². The Bertz CT molecular complexity index is 582. The number of hydrogen-bond acceptors (Lipinski definition) is 4. The average Bonchev–Trinajstić information content (AvgIpc) is 2.55. The van der Waals surface area contributed by atoms with Gasteiger partial charge in [-0.25, -0.2) is 0 Å². The molecule has 1 unspecified atom stereocenters. The zero-order valence-electron chi connectivity index (χ0n) is 12.1. The van der Waals surface area contributed by atoms with Gasteiger partial charge in [0.15, 0.2) is 0 Å². The molecular weight excluding hydrogens is 266 g/mol. The smallest absolute Gasteiger partial charge is 0.127 e. The van der Waals surface area contributed by atoms with E-state index in [0.717, 1.165) is 30.8 Å². The van der Waals surface area contributed by atoms with Crippen LogP contribution in [0, 0.1) is 0 Å². The second kappa shape index (κ2) is 6.89. The molecule has 1 aliphatic rings. The molecule has 1 N–H and O–H groups in total. The van der Waals surface area contributed by atoms with E-state index in [4.69, 9.17) is 14.6 Å². The lowest BCUT2D eigenvalue weighted by molar-refractivity contribution is -0.0547. The van der Waals surface area contributed by atoms with Gasteiger partial charge in [0.25, 0.3) is 0 Å². The monoisotopic (exact) mass is 287 g/mol. The molecule has 1 aliphatic heterocycles. The topological polar surface area (TPSA) is 41.9 Å². The maximum absolute atomic E-state index is 9.15. The Balaban J connectivity index is 1.57. The van der Waals surface area contributed by atoms with E-state index in [1.165, 1.54) is 5.39 Å². The van der Waals surface area contributed by atoms with Gasteiger partial charge < -0.3 is 14.6 Å². The first kappa shape index (κ1) is 14.3. The Kier molecular flexibility index (Phi) is 4.70. The lowest BCUT2D eigenvalue weighted by Gasteiger charge is -2.31. The molecule has 0 amide bonds. The van der Waals surface area contributed by atoms with E-state index in [9.17, 15) is 0 Å². The van der Waals surface area contributed by atoms with E-state index >= 15 is 0 Å². The second-order valence-electron chi connectivity index (χ2n) is 5.30. The third-order valence-electron chi connectivity index (χ3n) is 3.84. The standard InChI is InChI=1S/C17H21NO3/c19-13-15-12-18(8-10-20-15)9-11-21-17-7-3-5-14-4-1-2-6-16(14)17/h1-7,15,19H,8-13H2. The summed E-state index contributed by atoms with van der Waals surface area (Å²) in [5, 5.41) is 11.5. The highest BCUT2D eigenvalue weighted by Crippen LogP contribution is 2.25. The summed E-state index contributed by atoms with van der Waals surface area (Å²) in [5.41, 5.74) is 0. The molecule has 2 aromatic rings. The zero-order chi connectivity index (χ0) is 14.5. The Morgan fingerprint density at radius 2 is 2.05 bits per heavy atom. The molecule has 0 bridgehead atoms. The van der Waals surface area contributed by atoms with Gasteiger partial charge in [-0.15, -0.1) is 0 Å². The number of fused-ring (bicyclic) bond motifs is 1. The van der Waals surface area contributed by atoms with Crippen molar-refractivity contribution in [3.05, 3.63) is 42.5 Å². The molecule has 0 spiro atoms. The summed E-state index contributed by atoms with van der Waals surface area (Å²) < 4.78 is 11.4. The number of nitrogens with zero attached hydrogens (tertiary/aromatic N) is 1. The van der Waals surface area contributed by atoms with Crippen LogP contribution in [0.2, 0.25) is 0 Å². The van der Waals surface area contributed by atoms with Gasteiger partial charge in [-0.2, -0.15) is 0 Å². The molecule has 0 aliphatic carbocycles. The summed E-state index contributed by atoms with van der Waals surface area (Å²) in [4.78, 5) is 2.27. The minimum atomic E-state index is -0.0590. The predicted octanol–water partition coefficient (Wildman–Crippen LogP) is 1.91. The maximum Gasteiger partial charge on any atom is 0.127 e. The number of morpholine rings is 1. The maximum atomic E-state index is 9.15.